The van der Waals surface area contributed by atoms with Crippen molar-refractivity contribution < 1.29 is 9.59 Å². The molecule has 0 aliphatic rings. The zero-order valence-electron chi connectivity index (χ0n) is 14.2. The number of H-pyrrole nitrogens is 1. The third kappa shape index (κ3) is 3.87. The number of carbonyl (C=O) groups excluding carboxylic acids is 2. The number of halogens is 2. The minimum atomic E-state index is -0.666. The topological polar surface area (TPSA) is 65.2 Å². The fourth-order valence-electron chi connectivity index (χ4n) is 2.64. The molecule has 0 radical (unpaired) electrons. The smallest absolute Gasteiger partial charge is 0.268 e. The summed E-state index contributed by atoms with van der Waals surface area (Å²) in [4.78, 5) is 29.6. The van der Waals surface area contributed by atoms with Crippen LogP contribution < -0.4 is 5.32 Å². The second kappa shape index (κ2) is 7.70. The Labute approximate surface area is 164 Å². The molecule has 2 heterocycles. The van der Waals surface area contributed by atoms with Crippen molar-refractivity contribution in [2.75, 3.05) is 14.1 Å². The highest BCUT2D eigenvalue weighted by Crippen LogP contribution is 2.38. The molecule has 5 nitrogen and oxygen atoms in total. The molecule has 2 N–H and O–H groups in total. The van der Waals surface area contributed by atoms with E-state index in [2.05, 4.69) is 10.3 Å². The summed E-state index contributed by atoms with van der Waals surface area (Å²) in [7, 11) is 3.33. The zero-order chi connectivity index (χ0) is 18.8. The van der Waals surface area contributed by atoms with Gasteiger partial charge in [-0.25, -0.2) is 0 Å². The predicted molar refractivity (Wildman–Crippen MR) is 106 cm³/mol. The Morgan fingerprint density at radius 1 is 1.23 bits per heavy atom. The van der Waals surface area contributed by atoms with Gasteiger partial charge in [-0.3, -0.25) is 9.59 Å². The first-order valence-corrected chi connectivity index (χ1v) is 9.46. The zero-order valence-corrected chi connectivity index (χ0v) is 16.5. The van der Waals surface area contributed by atoms with Crippen LogP contribution >= 0.6 is 34.5 Å². The lowest BCUT2D eigenvalue weighted by atomic mass is 10.0. The highest BCUT2D eigenvalue weighted by molar-refractivity contribution is 7.23. The summed E-state index contributed by atoms with van der Waals surface area (Å²) in [5.74, 6) is -0.534. The first-order valence-electron chi connectivity index (χ1n) is 7.89. The molecule has 0 unspecified atom stereocenters. The van der Waals surface area contributed by atoms with Gasteiger partial charge in [0.05, 0.1) is 15.2 Å². The quantitative estimate of drug-likeness (QED) is 0.669. The minimum absolute atomic E-state index is 0.170. The molecule has 2 aromatic heterocycles. The van der Waals surface area contributed by atoms with Gasteiger partial charge in [0, 0.05) is 20.5 Å². The maximum atomic E-state index is 12.7. The van der Waals surface area contributed by atoms with Crippen molar-refractivity contribution in [1.82, 2.24) is 15.2 Å². The van der Waals surface area contributed by atoms with E-state index in [1.54, 1.807) is 20.2 Å². The Balaban J connectivity index is 1.82. The van der Waals surface area contributed by atoms with Gasteiger partial charge in [-0.15, -0.1) is 11.3 Å². The molecular formula is C18H17Cl2N3O2S. The van der Waals surface area contributed by atoms with Crippen LogP contribution in [0.1, 0.15) is 16.1 Å². The molecule has 0 bridgehead atoms. The number of aromatic amines is 1. The van der Waals surface area contributed by atoms with Gasteiger partial charge in [0.2, 0.25) is 5.91 Å². The van der Waals surface area contributed by atoms with E-state index in [0.29, 0.717) is 27.0 Å². The Morgan fingerprint density at radius 3 is 2.54 bits per heavy atom. The Bertz CT molecular complexity index is 950. The standard InChI is InChI=1S/C18H17Cl2N3O2S/c1-23(2)18(25)12(8-10-6-4-3-5-7-10)22-17(24)11-9-13-15(21-11)14(19)16(20)26-13/h3-7,9,12,21H,8H2,1-2H3,(H,22,24)/t12-/m0/s1. The van der Waals surface area contributed by atoms with Crippen molar-refractivity contribution >= 4 is 56.6 Å². The SMILES string of the molecule is CN(C)C(=O)[C@H](Cc1ccccc1)NC(=O)c1cc2sc(Cl)c(Cl)c2[nH]1. The summed E-state index contributed by atoms with van der Waals surface area (Å²) in [6, 6.07) is 10.6. The summed E-state index contributed by atoms with van der Waals surface area (Å²) < 4.78 is 1.27. The lowest BCUT2D eigenvalue weighted by Gasteiger charge is -2.21. The number of hydrogen-bond donors (Lipinski definition) is 2. The maximum absolute atomic E-state index is 12.7. The van der Waals surface area contributed by atoms with Crippen molar-refractivity contribution in [2.45, 2.75) is 12.5 Å². The molecule has 1 atom stereocenters. The molecule has 3 rings (SSSR count). The van der Waals surface area contributed by atoms with E-state index in [9.17, 15) is 9.59 Å². The van der Waals surface area contributed by atoms with E-state index in [1.807, 2.05) is 30.3 Å². The Hall–Kier alpha value is -2.02. The van der Waals surface area contributed by atoms with E-state index in [1.165, 1.54) is 16.2 Å². The molecule has 2 amide bonds. The van der Waals surface area contributed by atoms with Crippen molar-refractivity contribution in [1.29, 1.82) is 0 Å². The second-order valence-electron chi connectivity index (χ2n) is 6.06. The van der Waals surface area contributed by atoms with Crippen LogP contribution in [0.25, 0.3) is 10.2 Å². The van der Waals surface area contributed by atoms with Crippen LogP contribution in [0, 0.1) is 0 Å². The van der Waals surface area contributed by atoms with Crippen LogP contribution in [0.15, 0.2) is 36.4 Å². The fourth-order valence-corrected chi connectivity index (χ4v) is 4.12. The molecule has 3 aromatic rings. The van der Waals surface area contributed by atoms with Crippen molar-refractivity contribution in [3.8, 4) is 0 Å². The monoisotopic (exact) mass is 409 g/mol. The number of aromatic nitrogens is 1. The summed E-state index contributed by atoms with van der Waals surface area (Å²) in [6.07, 6.45) is 0.408. The van der Waals surface area contributed by atoms with E-state index < -0.39 is 6.04 Å². The van der Waals surface area contributed by atoms with Gasteiger partial charge in [0.25, 0.3) is 5.91 Å². The number of hydrogen-bond acceptors (Lipinski definition) is 3. The second-order valence-corrected chi connectivity index (χ2v) is 8.09. The van der Waals surface area contributed by atoms with Crippen LogP contribution in [0.5, 0.6) is 0 Å². The summed E-state index contributed by atoms with van der Waals surface area (Å²) >= 11 is 13.4. The maximum Gasteiger partial charge on any atom is 0.268 e. The van der Waals surface area contributed by atoms with Crippen molar-refractivity contribution in [2.24, 2.45) is 0 Å². The molecule has 0 aliphatic heterocycles. The molecule has 136 valence electrons. The molecule has 0 fully saturated rings. The van der Waals surface area contributed by atoms with Crippen LogP contribution in [0.3, 0.4) is 0 Å². The van der Waals surface area contributed by atoms with Gasteiger partial charge >= 0.3 is 0 Å². The van der Waals surface area contributed by atoms with Crippen molar-refractivity contribution in [3.05, 3.63) is 57.0 Å². The fraction of sp³-hybridized carbons (Fsp3) is 0.222. The van der Waals surface area contributed by atoms with Crippen LogP contribution in [-0.2, 0) is 11.2 Å². The normalized spacial score (nSPS) is 12.2. The highest BCUT2D eigenvalue weighted by atomic mass is 35.5. The number of benzene rings is 1. The molecule has 0 aliphatic carbocycles. The Morgan fingerprint density at radius 2 is 1.92 bits per heavy atom. The molecule has 0 spiro atoms. The number of nitrogens with zero attached hydrogens (tertiary/aromatic N) is 1. The number of likely N-dealkylation sites (N-methyl/N-ethyl adjacent to an activating group) is 1. The van der Waals surface area contributed by atoms with Gasteiger partial charge in [-0.05, 0) is 11.6 Å². The number of fused-ring (bicyclic) bond motifs is 1. The Kier molecular flexibility index (Phi) is 5.55. The lowest BCUT2D eigenvalue weighted by molar-refractivity contribution is -0.130. The van der Waals surface area contributed by atoms with Gasteiger partial charge in [-0.1, -0.05) is 53.5 Å². The highest BCUT2D eigenvalue weighted by Gasteiger charge is 2.24. The summed E-state index contributed by atoms with van der Waals surface area (Å²) in [5, 5.41) is 3.21. The molecule has 0 saturated heterocycles. The first-order chi connectivity index (χ1) is 12.4. The molecule has 0 saturated carbocycles. The lowest BCUT2D eigenvalue weighted by Crippen LogP contribution is -2.47. The number of carbonyl (C=O) groups is 2. The van der Waals surface area contributed by atoms with Gasteiger partial charge in [0.1, 0.15) is 16.1 Å². The van der Waals surface area contributed by atoms with E-state index in [-0.39, 0.29) is 11.8 Å². The van der Waals surface area contributed by atoms with E-state index >= 15 is 0 Å². The van der Waals surface area contributed by atoms with Crippen LogP contribution in [0.4, 0.5) is 0 Å². The van der Waals surface area contributed by atoms with Gasteiger partial charge in [0.15, 0.2) is 0 Å². The molecular weight excluding hydrogens is 393 g/mol. The number of rotatable bonds is 5. The van der Waals surface area contributed by atoms with Gasteiger partial charge in [-0.2, -0.15) is 0 Å². The van der Waals surface area contributed by atoms with E-state index in [0.717, 1.165) is 10.3 Å². The largest absolute Gasteiger partial charge is 0.349 e. The number of amides is 2. The first kappa shape index (κ1) is 18.8. The van der Waals surface area contributed by atoms with Crippen LogP contribution in [0.2, 0.25) is 9.36 Å². The molecule has 1 aromatic carbocycles. The number of thiophene rings is 1. The summed E-state index contributed by atoms with van der Waals surface area (Å²) in [5.41, 5.74) is 1.94. The van der Waals surface area contributed by atoms with E-state index in [4.69, 9.17) is 23.2 Å². The molecule has 26 heavy (non-hydrogen) atoms. The third-order valence-electron chi connectivity index (χ3n) is 3.94. The third-order valence-corrected chi connectivity index (χ3v) is 5.88. The average Bonchev–Trinajstić information content (AvgIpc) is 3.14. The minimum Gasteiger partial charge on any atom is -0.349 e. The predicted octanol–water partition coefficient (Wildman–Crippen LogP) is 3.97. The average molecular weight is 410 g/mol. The van der Waals surface area contributed by atoms with Gasteiger partial charge < -0.3 is 15.2 Å². The van der Waals surface area contributed by atoms with Crippen LogP contribution in [-0.4, -0.2) is 41.8 Å². The molecule has 8 heteroatoms. The van der Waals surface area contributed by atoms with Crippen molar-refractivity contribution in [3.63, 3.8) is 0 Å². The summed E-state index contributed by atoms with van der Waals surface area (Å²) in [6.45, 7) is 0. The number of nitrogens with one attached hydrogen (secondary N) is 2.